The van der Waals surface area contributed by atoms with E-state index in [9.17, 15) is 4.79 Å². The molecule has 0 fully saturated rings. The van der Waals surface area contributed by atoms with Crippen LogP contribution in [0.3, 0.4) is 0 Å². The molecule has 0 saturated heterocycles. The molecule has 106 valence electrons. The monoisotopic (exact) mass is 336 g/mol. The van der Waals surface area contributed by atoms with Gasteiger partial charge in [-0.3, -0.25) is 4.79 Å². The molecule has 2 N–H and O–H groups in total. The third-order valence-corrected chi connectivity index (χ3v) is 3.35. The smallest absolute Gasteiger partial charge is 0.225 e. The van der Waals surface area contributed by atoms with Gasteiger partial charge in [0, 0.05) is 22.6 Å². The lowest BCUT2D eigenvalue weighted by molar-refractivity contribution is -0.116. The molecule has 4 nitrogen and oxygen atoms in total. The lowest BCUT2D eigenvalue weighted by Gasteiger charge is -2.13. The van der Waals surface area contributed by atoms with Crippen molar-refractivity contribution in [2.45, 2.75) is 25.9 Å². The van der Waals surface area contributed by atoms with Crippen molar-refractivity contribution in [1.29, 1.82) is 0 Å². The minimum Gasteiger partial charge on any atom is -0.468 e. The Kier molecular flexibility index (Phi) is 5.38. The number of rotatable bonds is 6. The second-order valence-corrected chi connectivity index (χ2v) is 5.54. The third kappa shape index (κ3) is 4.83. The third-order valence-electron chi connectivity index (χ3n) is 2.82. The summed E-state index contributed by atoms with van der Waals surface area (Å²) < 4.78 is 6.22. The second kappa shape index (κ2) is 7.26. The van der Waals surface area contributed by atoms with Crippen LogP contribution in [0.2, 0.25) is 0 Å². The van der Waals surface area contributed by atoms with E-state index in [1.165, 1.54) is 0 Å². The predicted molar refractivity (Wildman–Crippen MR) is 82.4 cm³/mol. The molecule has 1 amide bonds. The second-order valence-electron chi connectivity index (χ2n) is 4.62. The highest BCUT2D eigenvalue weighted by Crippen LogP contribution is 2.14. The molecular formula is C15H17BrN2O2. The van der Waals surface area contributed by atoms with Gasteiger partial charge in [-0.25, -0.2) is 0 Å². The fourth-order valence-corrected chi connectivity index (χ4v) is 2.05. The standard InChI is InChI=1S/C15H17BrN2O2/c1-11(17-10-14-3-2-8-20-14)9-15(19)18-13-6-4-12(16)5-7-13/h2-8,11,17H,9-10H2,1H3,(H,18,19). The molecule has 2 aromatic rings. The van der Waals surface area contributed by atoms with Crippen LogP contribution in [-0.2, 0) is 11.3 Å². The summed E-state index contributed by atoms with van der Waals surface area (Å²) in [6.45, 7) is 2.60. The molecule has 0 aliphatic rings. The number of hydrogen-bond donors (Lipinski definition) is 2. The Bertz CT molecular complexity index is 538. The number of hydrogen-bond acceptors (Lipinski definition) is 3. The molecule has 0 bridgehead atoms. The summed E-state index contributed by atoms with van der Waals surface area (Å²) in [5.41, 5.74) is 0.802. The van der Waals surface area contributed by atoms with Crippen LogP contribution >= 0.6 is 15.9 Å². The van der Waals surface area contributed by atoms with Crippen LogP contribution in [0.25, 0.3) is 0 Å². The number of nitrogens with one attached hydrogen (secondary N) is 2. The molecule has 1 heterocycles. The molecule has 0 aliphatic carbocycles. The minimum absolute atomic E-state index is 0.00762. The van der Waals surface area contributed by atoms with Crippen LogP contribution in [0.5, 0.6) is 0 Å². The molecule has 1 unspecified atom stereocenters. The fraction of sp³-hybridized carbons (Fsp3) is 0.267. The Morgan fingerprint density at radius 1 is 1.30 bits per heavy atom. The van der Waals surface area contributed by atoms with Gasteiger partial charge in [-0.2, -0.15) is 0 Å². The van der Waals surface area contributed by atoms with Crippen LogP contribution in [-0.4, -0.2) is 11.9 Å². The fourth-order valence-electron chi connectivity index (χ4n) is 1.78. The van der Waals surface area contributed by atoms with Crippen molar-refractivity contribution in [3.05, 3.63) is 52.9 Å². The molecule has 1 aromatic heterocycles. The maximum Gasteiger partial charge on any atom is 0.225 e. The van der Waals surface area contributed by atoms with Gasteiger partial charge in [-0.05, 0) is 43.3 Å². The van der Waals surface area contributed by atoms with Crippen molar-refractivity contribution in [3.63, 3.8) is 0 Å². The summed E-state index contributed by atoms with van der Waals surface area (Å²) >= 11 is 3.36. The number of furan rings is 1. The zero-order chi connectivity index (χ0) is 14.4. The molecule has 0 spiro atoms. The number of carbonyl (C=O) groups excluding carboxylic acids is 1. The molecule has 0 saturated carbocycles. The predicted octanol–water partition coefficient (Wildman–Crippen LogP) is 3.55. The molecule has 1 aromatic carbocycles. The van der Waals surface area contributed by atoms with Crippen molar-refractivity contribution in [1.82, 2.24) is 5.32 Å². The van der Waals surface area contributed by atoms with E-state index in [0.29, 0.717) is 13.0 Å². The topological polar surface area (TPSA) is 54.3 Å². The zero-order valence-electron chi connectivity index (χ0n) is 11.2. The maximum atomic E-state index is 11.9. The summed E-state index contributed by atoms with van der Waals surface area (Å²) in [5.74, 6) is 0.858. The van der Waals surface area contributed by atoms with Crippen LogP contribution < -0.4 is 10.6 Å². The maximum absolute atomic E-state index is 11.9. The van der Waals surface area contributed by atoms with Crippen molar-refractivity contribution >= 4 is 27.5 Å². The normalized spacial score (nSPS) is 12.1. The highest BCUT2D eigenvalue weighted by atomic mass is 79.9. The average molecular weight is 337 g/mol. The van der Waals surface area contributed by atoms with E-state index in [0.717, 1.165) is 15.9 Å². The van der Waals surface area contributed by atoms with Gasteiger partial charge in [0.25, 0.3) is 0 Å². The molecule has 1 atom stereocenters. The first kappa shape index (κ1) is 14.8. The number of amides is 1. The first-order chi connectivity index (χ1) is 9.63. The number of carbonyl (C=O) groups is 1. The highest BCUT2D eigenvalue weighted by molar-refractivity contribution is 9.10. The molecule has 0 aliphatic heterocycles. The lowest BCUT2D eigenvalue weighted by atomic mass is 10.2. The molecule has 20 heavy (non-hydrogen) atoms. The zero-order valence-corrected chi connectivity index (χ0v) is 12.8. The van der Waals surface area contributed by atoms with Crippen molar-refractivity contribution < 1.29 is 9.21 Å². The van der Waals surface area contributed by atoms with E-state index < -0.39 is 0 Å². The Hall–Kier alpha value is -1.59. The number of halogens is 1. The van der Waals surface area contributed by atoms with Crippen LogP contribution in [0.1, 0.15) is 19.1 Å². The van der Waals surface area contributed by atoms with E-state index in [-0.39, 0.29) is 11.9 Å². The lowest BCUT2D eigenvalue weighted by Crippen LogP contribution is -2.30. The largest absolute Gasteiger partial charge is 0.468 e. The number of anilines is 1. The molecular weight excluding hydrogens is 320 g/mol. The van der Waals surface area contributed by atoms with Crippen molar-refractivity contribution in [2.24, 2.45) is 0 Å². The SMILES string of the molecule is CC(CC(=O)Nc1ccc(Br)cc1)NCc1ccco1. The van der Waals surface area contributed by atoms with Gasteiger partial charge in [0.05, 0.1) is 12.8 Å². The van der Waals surface area contributed by atoms with Crippen LogP contribution in [0.4, 0.5) is 5.69 Å². The number of benzene rings is 1. The van der Waals surface area contributed by atoms with E-state index in [1.807, 2.05) is 43.3 Å². The van der Waals surface area contributed by atoms with Gasteiger partial charge < -0.3 is 15.1 Å². The van der Waals surface area contributed by atoms with Gasteiger partial charge >= 0.3 is 0 Å². The first-order valence-corrected chi connectivity index (χ1v) is 7.24. The molecule has 5 heteroatoms. The summed E-state index contributed by atoms with van der Waals surface area (Å²) in [6.07, 6.45) is 2.05. The van der Waals surface area contributed by atoms with E-state index in [4.69, 9.17) is 4.42 Å². The van der Waals surface area contributed by atoms with E-state index in [2.05, 4.69) is 26.6 Å². The van der Waals surface area contributed by atoms with E-state index >= 15 is 0 Å². The van der Waals surface area contributed by atoms with Gasteiger partial charge in [0.1, 0.15) is 5.76 Å². The minimum atomic E-state index is -0.00762. The molecule has 0 radical (unpaired) electrons. The molecule has 2 rings (SSSR count). The van der Waals surface area contributed by atoms with E-state index in [1.54, 1.807) is 6.26 Å². The van der Waals surface area contributed by atoms with Crippen molar-refractivity contribution in [3.8, 4) is 0 Å². The summed E-state index contributed by atoms with van der Waals surface area (Å²) in [6, 6.07) is 11.4. The van der Waals surface area contributed by atoms with Crippen molar-refractivity contribution in [2.75, 3.05) is 5.32 Å². The van der Waals surface area contributed by atoms with Crippen LogP contribution in [0.15, 0.2) is 51.6 Å². The van der Waals surface area contributed by atoms with Gasteiger partial charge in [0.15, 0.2) is 0 Å². The Morgan fingerprint density at radius 3 is 2.70 bits per heavy atom. The summed E-state index contributed by atoms with van der Waals surface area (Å²) in [7, 11) is 0. The average Bonchev–Trinajstić information content (AvgIpc) is 2.92. The first-order valence-electron chi connectivity index (χ1n) is 6.44. The Morgan fingerprint density at radius 2 is 2.05 bits per heavy atom. The Labute approximate surface area is 126 Å². The van der Waals surface area contributed by atoms with Gasteiger partial charge in [-0.1, -0.05) is 15.9 Å². The summed E-state index contributed by atoms with van der Waals surface area (Å²) in [5, 5.41) is 6.12. The van der Waals surface area contributed by atoms with Gasteiger partial charge in [-0.15, -0.1) is 0 Å². The van der Waals surface area contributed by atoms with Crippen LogP contribution in [0, 0.1) is 0 Å². The summed E-state index contributed by atoms with van der Waals surface area (Å²) in [4.78, 5) is 11.9. The quantitative estimate of drug-likeness (QED) is 0.848. The van der Waals surface area contributed by atoms with Gasteiger partial charge in [0.2, 0.25) is 5.91 Å². The highest BCUT2D eigenvalue weighted by Gasteiger charge is 2.09. The Balaban J connectivity index is 1.74.